The fourth-order valence-electron chi connectivity index (χ4n) is 0.564. The van der Waals surface area contributed by atoms with Gasteiger partial charge in [-0.2, -0.15) is 0 Å². The molecule has 1 unspecified atom stereocenters. The first-order chi connectivity index (χ1) is 4.70. The molecule has 0 saturated heterocycles. The summed E-state index contributed by atoms with van der Waals surface area (Å²) in [6.45, 7) is 2.16. The van der Waals surface area contributed by atoms with Gasteiger partial charge < -0.3 is 14.6 Å². The van der Waals surface area contributed by atoms with Crippen LogP contribution in [0, 0.1) is 0 Å². The number of rotatable bonds is 4. The van der Waals surface area contributed by atoms with E-state index in [4.69, 9.17) is 9.84 Å². The van der Waals surface area contributed by atoms with E-state index in [2.05, 4.69) is 4.74 Å². The van der Waals surface area contributed by atoms with Crippen molar-refractivity contribution in [2.45, 2.75) is 19.4 Å². The summed E-state index contributed by atoms with van der Waals surface area (Å²) < 4.78 is 9.14. The van der Waals surface area contributed by atoms with E-state index in [9.17, 15) is 4.79 Å². The molecule has 10 heavy (non-hydrogen) atoms. The molecule has 0 aliphatic carbocycles. The van der Waals surface area contributed by atoms with Gasteiger partial charge in [-0.15, -0.1) is 0 Å². The first-order valence-electron chi connectivity index (χ1n) is 3.09. The molecule has 0 aromatic carbocycles. The van der Waals surface area contributed by atoms with Crippen LogP contribution in [0.4, 0.5) is 4.79 Å². The highest BCUT2D eigenvalue weighted by atomic mass is 16.7. The van der Waals surface area contributed by atoms with Crippen LogP contribution in [-0.2, 0) is 9.47 Å². The maximum atomic E-state index is 9.97. The second-order valence-electron chi connectivity index (χ2n) is 1.87. The summed E-state index contributed by atoms with van der Waals surface area (Å²) in [4.78, 5) is 9.97. The molecular formula is C6H12O4. The van der Waals surface area contributed by atoms with Crippen molar-refractivity contribution >= 4 is 6.16 Å². The molecule has 0 saturated carbocycles. The van der Waals surface area contributed by atoms with Crippen LogP contribution in [0.5, 0.6) is 0 Å². The predicted molar refractivity (Wildman–Crippen MR) is 35.1 cm³/mol. The highest BCUT2D eigenvalue weighted by Gasteiger charge is 2.09. The molecule has 0 rings (SSSR count). The third-order valence-electron chi connectivity index (χ3n) is 1.08. The van der Waals surface area contributed by atoms with Crippen LogP contribution in [0.3, 0.4) is 0 Å². The Kier molecular flexibility index (Phi) is 4.66. The van der Waals surface area contributed by atoms with E-state index >= 15 is 0 Å². The predicted octanol–water partition coefficient (Wildman–Crippen LogP) is 1.11. The van der Waals surface area contributed by atoms with Gasteiger partial charge in [0.25, 0.3) is 0 Å². The molecule has 4 nitrogen and oxygen atoms in total. The lowest BCUT2D eigenvalue weighted by Crippen LogP contribution is -2.20. The molecule has 0 aromatic rings. The smallest absolute Gasteiger partial charge is 0.450 e. The minimum Gasteiger partial charge on any atom is -0.450 e. The van der Waals surface area contributed by atoms with Gasteiger partial charge >= 0.3 is 6.16 Å². The average molecular weight is 148 g/mol. The zero-order chi connectivity index (χ0) is 7.98. The van der Waals surface area contributed by atoms with E-state index in [0.29, 0.717) is 13.0 Å². The Hall–Kier alpha value is -0.770. The van der Waals surface area contributed by atoms with E-state index in [-0.39, 0.29) is 6.10 Å². The van der Waals surface area contributed by atoms with Crippen molar-refractivity contribution in [3.63, 3.8) is 0 Å². The van der Waals surface area contributed by atoms with Crippen molar-refractivity contribution in [1.82, 2.24) is 0 Å². The quantitative estimate of drug-likeness (QED) is 0.606. The van der Waals surface area contributed by atoms with Crippen molar-refractivity contribution in [3.8, 4) is 0 Å². The molecule has 0 radical (unpaired) electrons. The monoisotopic (exact) mass is 148 g/mol. The topological polar surface area (TPSA) is 55.8 Å². The maximum absolute atomic E-state index is 9.97. The van der Waals surface area contributed by atoms with Crippen LogP contribution >= 0.6 is 0 Å². The highest BCUT2D eigenvalue weighted by molar-refractivity contribution is 5.57. The van der Waals surface area contributed by atoms with Crippen molar-refractivity contribution in [1.29, 1.82) is 0 Å². The lowest BCUT2D eigenvalue weighted by Gasteiger charge is -2.11. The second-order valence-corrected chi connectivity index (χ2v) is 1.87. The largest absolute Gasteiger partial charge is 0.506 e. The number of carboxylic acid groups (broad SMARTS) is 1. The Morgan fingerprint density at radius 1 is 1.70 bits per heavy atom. The molecule has 0 amide bonds. The lowest BCUT2D eigenvalue weighted by atomic mass is 10.3. The highest BCUT2D eigenvalue weighted by Crippen LogP contribution is 1.97. The molecule has 60 valence electrons. The van der Waals surface area contributed by atoms with Gasteiger partial charge in [-0.25, -0.2) is 4.79 Å². The van der Waals surface area contributed by atoms with Gasteiger partial charge in [-0.1, -0.05) is 6.92 Å². The molecule has 0 heterocycles. The summed E-state index contributed by atoms with van der Waals surface area (Å²) in [5.74, 6) is 0. The summed E-state index contributed by atoms with van der Waals surface area (Å²) in [6.07, 6.45) is -0.938. The van der Waals surface area contributed by atoms with Gasteiger partial charge in [-0.3, -0.25) is 0 Å². The number of carbonyl (C=O) groups is 1. The Morgan fingerprint density at radius 2 is 2.30 bits per heavy atom. The van der Waals surface area contributed by atoms with Gasteiger partial charge in [-0.05, 0) is 6.42 Å². The maximum Gasteiger partial charge on any atom is 0.506 e. The van der Waals surface area contributed by atoms with Gasteiger partial charge in [0.1, 0.15) is 6.10 Å². The zero-order valence-electron chi connectivity index (χ0n) is 6.16. The van der Waals surface area contributed by atoms with Crippen LogP contribution < -0.4 is 0 Å². The van der Waals surface area contributed by atoms with E-state index in [1.807, 2.05) is 6.92 Å². The minimum absolute atomic E-state index is 0.322. The fraction of sp³-hybridized carbons (Fsp3) is 0.833. The number of methoxy groups -OCH3 is 1. The van der Waals surface area contributed by atoms with Crippen LogP contribution in [0.2, 0.25) is 0 Å². The van der Waals surface area contributed by atoms with Crippen molar-refractivity contribution < 1.29 is 19.4 Å². The fourth-order valence-corrected chi connectivity index (χ4v) is 0.564. The molecule has 0 fully saturated rings. The van der Waals surface area contributed by atoms with Crippen molar-refractivity contribution in [2.75, 3.05) is 13.7 Å². The molecule has 1 atom stereocenters. The van der Waals surface area contributed by atoms with Crippen LogP contribution in [0.15, 0.2) is 0 Å². The van der Waals surface area contributed by atoms with Crippen molar-refractivity contribution in [2.24, 2.45) is 0 Å². The van der Waals surface area contributed by atoms with E-state index in [0.717, 1.165) is 0 Å². The first kappa shape index (κ1) is 9.23. The van der Waals surface area contributed by atoms with Gasteiger partial charge in [0.15, 0.2) is 0 Å². The summed E-state index contributed by atoms with van der Waals surface area (Å²) in [6, 6.07) is 0. The Labute approximate surface area is 59.7 Å². The van der Waals surface area contributed by atoms with Crippen LogP contribution in [0.25, 0.3) is 0 Å². The van der Waals surface area contributed by atoms with E-state index < -0.39 is 6.16 Å². The SMILES string of the molecule is CCC(COC)OC(=O)O. The average Bonchev–Trinajstić information content (AvgIpc) is 1.86. The Bertz CT molecular complexity index is 102. The zero-order valence-corrected chi connectivity index (χ0v) is 6.16. The Morgan fingerprint density at radius 3 is 2.60 bits per heavy atom. The number of hydrogen-bond acceptors (Lipinski definition) is 3. The summed E-state index contributed by atoms with van der Waals surface area (Å²) in [5.41, 5.74) is 0. The number of hydrogen-bond donors (Lipinski definition) is 1. The van der Waals surface area contributed by atoms with Crippen LogP contribution in [0.1, 0.15) is 13.3 Å². The third-order valence-corrected chi connectivity index (χ3v) is 1.08. The summed E-state index contributed by atoms with van der Waals surface area (Å²) in [5, 5.41) is 8.16. The van der Waals surface area contributed by atoms with Crippen molar-refractivity contribution in [3.05, 3.63) is 0 Å². The first-order valence-corrected chi connectivity index (χ1v) is 3.09. The van der Waals surface area contributed by atoms with Crippen LogP contribution in [-0.4, -0.2) is 31.1 Å². The van der Waals surface area contributed by atoms with Gasteiger partial charge in [0.05, 0.1) is 6.61 Å². The molecule has 0 bridgehead atoms. The molecule has 0 aliphatic rings. The summed E-state index contributed by atoms with van der Waals surface area (Å²) in [7, 11) is 1.51. The molecular weight excluding hydrogens is 136 g/mol. The van der Waals surface area contributed by atoms with E-state index in [1.165, 1.54) is 7.11 Å². The molecule has 0 aromatic heterocycles. The van der Waals surface area contributed by atoms with E-state index in [1.54, 1.807) is 0 Å². The van der Waals surface area contributed by atoms with Gasteiger partial charge in [0, 0.05) is 7.11 Å². The lowest BCUT2D eigenvalue weighted by molar-refractivity contribution is 0.0104. The third kappa shape index (κ3) is 4.14. The normalized spacial score (nSPS) is 12.6. The standard InChI is InChI=1S/C6H12O4/c1-3-5(4-9-2)10-6(7)8/h5H,3-4H2,1-2H3,(H,7,8). The van der Waals surface area contributed by atoms with Gasteiger partial charge in [0.2, 0.25) is 0 Å². The number of ether oxygens (including phenoxy) is 2. The summed E-state index contributed by atoms with van der Waals surface area (Å²) >= 11 is 0. The minimum atomic E-state index is -1.25. The molecule has 0 aliphatic heterocycles. The molecule has 1 N–H and O–H groups in total. The Balaban J connectivity index is 3.49. The molecule has 0 spiro atoms. The molecule has 4 heteroatoms. The second kappa shape index (κ2) is 5.05.